The Labute approximate surface area is 213 Å². The topological polar surface area (TPSA) is 142 Å². The summed E-state index contributed by atoms with van der Waals surface area (Å²) in [5, 5.41) is 9.61. The van der Waals surface area contributed by atoms with E-state index in [1.165, 1.54) is 12.1 Å². The van der Waals surface area contributed by atoms with Gasteiger partial charge >= 0.3 is 23.9 Å². The van der Waals surface area contributed by atoms with E-state index in [4.69, 9.17) is 19.9 Å². The minimum absolute atomic E-state index is 0.0134. The first-order valence-electron chi connectivity index (χ1n) is 12.5. The predicted molar refractivity (Wildman–Crippen MR) is 135 cm³/mol. The Morgan fingerprint density at radius 1 is 0.861 bits per heavy atom. The van der Waals surface area contributed by atoms with Crippen LogP contribution in [0.25, 0.3) is 0 Å². The number of ether oxygens (including phenoxy) is 3. The second-order valence-corrected chi connectivity index (χ2v) is 9.92. The van der Waals surface area contributed by atoms with Gasteiger partial charge in [0, 0.05) is 25.2 Å². The number of hydrogen-bond donors (Lipinski definition) is 2. The molecule has 2 unspecified atom stereocenters. The Balaban J connectivity index is 3.33. The van der Waals surface area contributed by atoms with Gasteiger partial charge in [0.1, 0.15) is 6.04 Å². The van der Waals surface area contributed by atoms with Crippen molar-refractivity contribution in [2.24, 2.45) is 23.5 Å². The molecule has 3 N–H and O–H groups in total. The number of carbonyl (C=O) groups is 4. The summed E-state index contributed by atoms with van der Waals surface area (Å²) in [6.07, 6.45) is 1.82. The molecule has 0 bridgehead atoms. The second-order valence-electron chi connectivity index (χ2n) is 9.92. The number of hydrogen-bond acceptors (Lipinski definition) is 8. The summed E-state index contributed by atoms with van der Waals surface area (Å²) in [6, 6.07) is 3.22. The lowest BCUT2D eigenvalue weighted by molar-refractivity contribution is -0.145. The molecule has 0 aromatic heterocycles. The molecule has 1 aromatic rings. The average Bonchev–Trinajstić information content (AvgIpc) is 2.81. The largest absolute Gasteiger partial charge is 0.480 e. The molecule has 0 aliphatic carbocycles. The standard InChI is InChI=1S/C27H41NO8/c1-7-22(29)34-15-18(6)25(26(28)27(32)33)19-10-11-20(35-23(30)12-8-16(2)3)21(14-19)36-24(31)13-9-17(4)5/h10-11,14,16-18,25-26H,7-9,12-13,15,28H2,1-6H3,(H,32,33)/t18?,25?,26-/m0/s1. The third kappa shape index (κ3) is 10.8. The molecule has 3 atom stereocenters. The Kier molecular flexibility index (Phi) is 13.2. The fourth-order valence-corrected chi connectivity index (χ4v) is 3.53. The Morgan fingerprint density at radius 2 is 1.39 bits per heavy atom. The minimum Gasteiger partial charge on any atom is -0.480 e. The number of benzene rings is 1. The second kappa shape index (κ2) is 15.2. The number of carboxylic acids is 1. The predicted octanol–water partition coefficient (Wildman–Crippen LogP) is 4.45. The highest BCUT2D eigenvalue weighted by Gasteiger charge is 2.32. The Morgan fingerprint density at radius 3 is 1.86 bits per heavy atom. The van der Waals surface area contributed by atoms with Crippen LogP contribution in [0.4, 0.5) is 0 Å². The number of carbonyl (C=O) groups excluding carboxylic acids is 3. The van der Waals surface area contributed by atoms with Gasteiger partial charge in [0.2, 0.25) is 0 Å². The lowest BCUT2D eigenvalue weighted by Crippen LogP contribution is -2.40. The average molecular weight is 508 g/mol. The number of aliphatic carboxylic acids is 1. The van der Waals surface area contributed by atoms with Gasteiger partial charge in [-0.2, -0.15) is 0 Å². The first-order chi connectivity index (χ1) is 16.8. The van der Waals surface area contributed by atoms with E-state index in [0.717, 1.165) is 0 Å². The third-order valence-corrected chi connectivity index (χ3v) is 5.73. The number of esters is 3. The zero-order chi connectivity index (χ0) is 27.4. The Hall–Kier alpha value is -2.94. The summed E-state index contributed by atoms with van der Waals surface area (Å²) >= 11 is 0. The Bertz CT molecular complexity index is 896. The maximum absolute atomic E-state index is 12.5. The molecule has 9 nitrogen and oxygen atoms in total. The van der Waals surface area contributed by atoms with E-state index >= 15 is 0 Å². The first-order valence-corrected chi connectivity index (χ1v) is 12.5. The SMILES string of the molecule is CCC(=O)OCC(C)C(c1ccc(OC(=O)CCC(C)C)c(OC(=O)CCC(C)C)c1)[C@H](N)C(=O)O. The summed E-state index contributed by atoms with van der Waals surface area (Å²) in [6.45, 7) is 11.3. The van der Waals surface area contributed by atoms with Crippen molar-refractivity contribution in [1.82, 2.24) is 0 Å². The summed E-state index contributed by atoms with van der Waals surface area (Å²) in [4.78, 5) is 48.3. The van der Waals surface area contributed by atoms with E-state index in [-0.39, 0.29) is 37.4 Å². The van der Waals surface area contributed by atoms with Crippen LogP contribution in [0.2, 0.25) is 0 Å². The van der Waals surface area contributed by atoms with Crippen LogP contribution in [0.3, 0.4) is 0 Å². The molecular weight excluding hydrogens is 466 g/mol. The molecule has 0 heterocycles. The van der Waals surface area contributed by atoms with Crippen LogP contribution in [0.5, 0.6) is 11.5 Å². The van der Waals surface area contributed by atoms with Crippen LogP contribution in [0.1, 0.15) is 85.1 Å². The van der Waals surface area contributed by atoms with Crippen LogP contribution >= 0.6 is 0 Å². The van der Waals surface area contributed by atoms with Gasteiger partial charge in [0.25, 0.3) is 0 Å². The van der Waals surface area contributed by atoms with Gasteiger partial charge < -0.3 is 25.1 Å². The molecule has 9 heteroatoms. The van der Waals surface area contributed by atoms with E-state index in [1.54, 1.807) is 19.9 Å². The first kappa shape index (κ1) is 31.1. The summed E-state index contributed by atoms with van der Waals surface area (Å²) in [5.74, 6) is -3.14. The number of carboxylic acid groups (broad SMARTS) is 1. The minimum atomic E-state index is -1.32. The highest BCUT2D eigenvalue weighted by atomic mass is 16.6. The maximum Gasteiger partial charge on any atom is 0.321 e. The fraction of sp³-hybridized carbons (Fsp3) is 0.630. The van der Waals surface area contributed by atoms with Crippen LogP contribution in [-0.2, 0) is 23.9 Å². The molecule has 1 aromatic carbocycles. The third-order valence-electron chi connectivity index (χ3n) is 5.73. The molecule has 0 saturated carbocycles. The molecule has 0 radical (unpaired) electrons. The van der Waals surface area contributed by atoms with E-state index in [2.05, 4.69) is 0 Å². The lowest BCUT2D eigenvalue weighted by atomic mass is 9.82. The van der Waals surface area contributed by atoms with Crippen LogP contribution < -0.4 is 15.2 Å². The fourth-order valence-electron chi connectivity index (χ4n) is 3.53. The van der Waals surface area contributed by atoms with Gasteiger partial charge in [-0.1, -0.05) is 47.6 Å². The van der Waals surface area contributed by atoms with Crippen molar-refractivity contribution in [2.45, 2.75) is 85.6 Å². The summed E-state index contributed by atoms with van der Waals surface area (Å²) in [7, 11) is 0. The number of rotatable bonds is 15. The zero-order valence-electron chi connectivity index (χ0n) is 22.2. The molecule has 202 valence electrons. The van der Waals surface area contributed by atoms with Gasteiger partial charge in [-0.25, -0.2) is 0 Å². The number of nitrogens with two attached hydrogens (primary N) is 1. The quantitative estimate of drug-likeness (QED) is 0.260. The molecule has 0 aliphatic rings. The highest BCUT2D eigenvalue weighted by molar-refractivity contribution is 5.77. The molecule has 36 heavy (non-hydrogen) atoms. The van der Waals surface area contributed by atoms with Gasteiger partial charge in [0.05, 0.1) is 6.61 Å². The van der Waals surface area contributed by atoms with Gasteiger partial charge in [0.15, 0.2) is 11.5 Å². The monoisotopic (exact) mass is 507 g/mol. The van der Waals surface area contributed by atoms with Crippen molar-refractivity contribution in [3.63, 3.8) is 0 Å². The van der Waals surface area contributed by atoms with Crippen molar-refractivity contribution in [1.29, 1.82) is 0 Å². The molecule has 0 aliphatic heterocycles. The van der Waals surface area contributed by atoms with Gasteiger partial charge in [-0.15, -0.1) is 0 Å². The van der Waals surface area contributed by atoms with Crippen molar-refractivity contribution in [3.05, 3.63) is 23.8 Å². The smallest absolute Gasteiger partial charge is 0.321 e. The van der Waals surface area contributed by atoms with Crippen molar-refractivity contribution < 1.29 is 38.5 Å². The lowest BCUT2D eigenvalue weighted by Gasteiger charge is -2.28. The summed E-state index contributed by atoms with van der Waals surface area (Å²) < 4.78 is 16.3. The van der Waals surface area contributed by atoms with Crippen molar-refractivity contribution >= 4 is 23.9 Å². The normalized spacial score (nSPS) is 13.7. The molecule has 0 saturated heterocycles. The van der Waals surface area contributed by atoms with Crippen molar-refractivity contribution in [3.8, 4) is 11.5 Å². The van der Waals surface area contributed by atoms with E-state index in [9.17, 15) is 24.3 Å². The molecule has 0 amide bonds. The van der Waals surface area contributed by atoms with E-state index in [1.807, 2.05) is 27.7 Å². The van der Waals surface area contributed by atoms with Gasteiger partial charge in [-0.3, -0.25) is 19.2 Å². The maximum atomic E-state index is 12.5. The van der Waals surface area contributed by atoms with Gasteiger partial charge in [-0.05, 0) is 48.3 Å². The zero-order valence-corrected chi connectivity index (χ0v) is 22.2. The van der Waals surface area contributed by atoms with E-state index < -0.39 is 41.8 Å². The molecular formula is C27H41NO8. The highest BCUT2D eigenvalue weighted by Crippen LogP contribution is 2.36. The summed E-state index contributed by atoms with van der Waals surface area (Å²) in [5.41, 5.74) is 6.48. The van der Waals surface area contributed by atoms with Crippen LogP contribution in [-0.4, -0.2) is 41.6 Å². The molecule has 0 fully saturated rings. The van der Waals surface area contributed by atoms with Crippen LogP contribution in [0, 0.1) is 17.8 Å². The molecule has 0 spiro atoms. The van der Waals surface area contributed by atoms with Crippen LogP contribution in [0.15, 0.2) is 18.2 Å². The molecule has 1 rings (SSSR count). The van der Waals surface area contributed by atoms with Crippen molar-refractivity contribution in [2.75, 3.05) is 6.61 Å². The van der Waals surface area contributed by atoms with E-state index in [0.29, 0.717) is 30.2 Å².